The van der Waals surface area contributed by atoms with Crippen LogP contribution in [0.3, 0.4) is 0 Å². The van der Waals surface area contributed by atoms with Crippen molar-refractivity contribution in [2.75, 3.05) is 13.7 Å². The molecule has 0 radical (unpaired) electrons. The Bertz CT molecular complexity index is 563. The lowest BCUT2D eigenvalue weighted by molar-refractivity contribution is -0.107. The van der Waals surface area contributed by atoms with Gasteiger partial charge in [-0.15, -0.1) is 0 Å². The van der Waals surface area contributed by atoms with Crippen LogP contribution in [0.15, 0.2) is 36.4 Å². The van der Waals surface area contributed by atoms with E-state index in [1.165, 1.54) is 19.3 Å². The third-order valence-corrected chi connectivity index (χ3v) is 2.40. The minimum atomic E-state index is -0.789. The summed E-state index contributed by atoms with van der Waals surface area (Å²) in [5, 5.41) is -0.546. The molecule has 0 amide bonds. The molecule has 0 unspecified atom stereocenters. The first-order valence-electron chi connectivity index (χ1n) is 6.13. The standard InChI is InChI=1S/C15H15ClO5/c1-3-20-15(18)21-12-9-8-11(10-13(12)19-2)6-4-5-7-14(16)17/h4-10H,3H2,1-2H3/b6-4+,7-5+. The highest BCUT2D eigenvalue weighted by atomic mass is 35.5. The van der Waals surface area contributed by atoms with Gasteiger partial charge in [-0.25, -0.2) is 4.79 Å². The molecule has 0 saturated carbocycles. The van der Waals surface area contributed by atoms with Crippen molar-refractivity contribution in [1.82, 2.24) is 0 Å². The Morgan fingerprint density at radius 3 is 2.62 bits per heavy atom. The maximum Gasteiger partial charge on any atom is 0.513 e. The largest absolute Gasteiger partial charge is 0.513 e. The minimum absolute atomic E-state index is 0.230. The molecule has 0 aliphatic rings. The molecule has 5 nitrogen and oxygen atoms in total. The summed E-state index contributed by atoms with van der Waals surface area (Å²) in [4.78, 5) is 21.8. The van der Waals surface area contributed by atoms with Gasteiger partial charge in [-0.3, -0.25) is 4.79 Å². The Hall–Kier alpha value is -2.27. The Labute approximate surface area is 127 Å². The first-order chi connectivity index (χ1) is 10.1. The summed E-state index contributed by atoms with van der Waals surface area (Å²) >= 11 is 5.16. The molecule has 21 heavy (non-hydrogen) atoms. The van der Waals surface area contributed by atoms with Gasteiger partial charge >= 0.3 is 6.16 Å². The summed E-state index contributed by atoms with van der Waals surface area (Å²) < 4.78 is 14.8. The van der Waals surface area contributed by atoms with E-state index < -0.39 is 11.4 Å². The Kier molecular flexibility index (Phi) is 7.04. The molecule has 0 aliphatic carbocycles. The highest BCUT2D eigenvalue weighted by molar-refractivity contribution is 6.66. The molecule has 0 heterocycles. The van der Waals surface area contributed by atoms with Crippen molar-refractivity contribution in [1.29, 1.82) is 0 Å². The molecule has 1 aromatic carbocycles. The molecule has 0 aromatic heterocycles. The first-order valence-corrected chi connectivity index (χ1v) is 6.51. The van der Waals surface area contributed by atoms with E-state index in [-0.39, 0.29) is 12.4 Å². The van der Waals surface area contributed by atoms with Crippen LogP contribution in [0.5, 0.6) is 11.5 Å². The summed E-state index contributed by atoms with van der Waals surface area (Å²) in [7, 11) is 1.47. The van der Waals surface area contributed by atoms with Gasteiger partial charge < -0.3 is 14.2 Å². The van der Waals surface area contributed by atoms with E-state index in [0.717, 1.165) is 5.56 Å². The number of methoxy groups -OCH3 is 1. The fraction of sp³-hybridized carbons (Fsp3) is 0.200. The molecule has 6 heteroatoms. The summed E-state index contributed by atoms with van der Waals surface area (Å²) in [5.41, 5.74) is 0.801. The van der Waals surface area contributed by atoms with Crippen molar-refractivity contribution in [3.8, 4) is 11.5 Å². The van der Waals surface area contributed by atoms with E-state index in [9.17, 15) is 9.59 Å². The van der Waals surface area contributed by atoms with Crippen LogP contribution in [0.4, 0.5) is 4.79 Å². The molecule has 0 bridgehead atoms. The predicted molar refractivity (Wildman–Crippen MR) is 79.7 cm³/mol. The van der Waals surface area contributed by atoms with Gasteiger partial charge in [0.2, 0.25) is 5.24 Å². The number of allylic oxidation sites excluding steroid dienone is 3. The number of rotatable bonds is 6. The Morgan fingerprint density at radius 1 is 1.24 bits per heavy atom. The second-order valence-electron chi connectivity index (χ2n) is 3.72. The number of carbonyl (C=O) groups is 2. The van der Waals surface area contributed by atoms with Gasteiger partial charge in [0.25, 0.3) is 0 Å². The fourth-order valence-corrected chi connectivity index (χ4v) is 1.48. The molecule has 1 aromatic rings. The van der Waals surface area contributed by atoms with Crippen LogP contribution < -0.4 is 9.47 Å². The van der Waals surface area contributed by atoms with Gasteiger partial charge in [0.1, 0.15) is 0 Å². The zero-order chi connectivity index (χ0) is 15.7. The van der Waals surface area contributed by atoms with Crippen LogP contribution >= 0.6 is 11.6 Å². The van der Waals surface area contributed by atoms with E-state index >= 15 is 0 Å². The lowest BCUT2D eigenvalue weighted by atomic mass is 10.2. The number of halogens is 1. The molecule has 0 aliphatic heterocycles. The van der Waals surface area contributed by atoms with Crippen LogP contribution in [-0.4, -0.2) is 25.1 Å². The maximum absolute atomic E-state index is 11.3. The van der Waals surface area contributed by atoms with Crippen molar-refractivity contribution in [3.05, 3.63) is 42.0 Å². The molecule has 0 fully saturated rings. The fourth-order valence-electron chi connectivity index (χ4n) is 1.41. The van der Waals surface area contributed by atoms with Crippen molar-refractivity contribution in [3.63, 3.8) is 0 Å². The number of ether oxygens (including phenoxy) is 3. The van der Waals surface area contributed by atoms with Crippen molar-refractivity contribution >= 4 is 29.1 Å². The summed E-state index contributed by atoms with van der Waals surface area (Å²) in [6, 6.07) is 5.00. The third kappa shape index (κ3) is 6.14. The SMILES string of the molecule is CCOC(=O)Oc1ccc(/C=C/C=C/C(=O)Cl)cc1OC. The maximum atomic E-state index is 11.3. The van der Waals surface area contributed by atoms with Gasteiger partial charge in [0, 0.05) is 0 Å². The monoisotopic (exact) mass is 310 g/mol. The van der Waals surface area contributed by atoms with Gasteiger partial charge in [0.05, 0.1) is 13.7 Å². The number of benzene rings is 1. The topological polar surface area (TPSA) is 61.8 Å². The van der Waals surface area contributed by atoms with E-state index in [2.05, 4.69) is 0 Å². The van der Waals surface area contributed by atoms with Gasteiger partial charge in [0.15, 0.2) is 11.5 Å². The zero-order valence-corrected chi connectivity index (χ0v) is 12.4. The minimum Gasteiger partial charge on any atom is -0.493 e. The van der Waals surface area contributed by atoms with Crippen LogP contribution in [0.1, 0.15) is 12.5 Å². The quantitative estimate of drug-likeness (QED) is 0.264. The van der Waals surface area contributed by atoms with Crippen molar-refractivity contribution in [2.24, 2.45) is 0 Å². The highest BCUT2D eigenvalue weighted by Gasteiger charge is 2.10. The second-order valence-corrected chi connectivity index (χ2v) is 4.09. The summed E-state index contributed by atoms with van der Waals surface area (Å²) in [6.45, 7) is 1.92. The van der Waals surface area contributed by atoms with Gasteiger partial charge in [-0.1, -0.05) is 24.3 Å². The average molecular weight is 311 g/mol. The highest BCUT2D eigenvalue weighted by Crippen LogP contribution is 2.28. The first kappa shape index (κ1) is 16.8. The van der Waals surface area contributed by atoms with Crippen molar-refractivity contribution < 1.29 is 23.8 Å². The van der Waals surface area contributed by atoms with E-state index in [0.29, 0.717) is 5.75 Å². The van der Waals surface area contributed by atoms with Crippen LogP contribution in [0.2, 0.25) is 0 Å². The Morgan fingerprint density at radius 2 is 2.00 bits per heavy atom. The number of hydrogen-bond donors (Lipinski definition) is 0. The average Bonchev–Trinajstić information content (AvgIpc) is 2.45. The Balaban J connectivity index is 2.83. The lowest BCUT2D eigenvalue weighted by Gasteiger charge is -2.09. The van der Waals surface area contributed by atoms with Crippen LogP contribution in [0.25, 0.3) is 6.08 Å². The molecule has 0 saturated heterocycles. The molecule has 1 rings (SSSR count). The molecular formula is C15H15ClO5. The van der Waals surface area contributed by atoms with E-state index in [1.54, 1.807) is 37.3 Å². The normalized spacial score (nSPS) is 10.8. The predicted octanol–water partition coefficient (Wildman–Crippen LogP) is 3.57. The van der Waals surface area contributed by atoms with E-state index in [4.69, 9.17) is 25.8 Å². The molecule has 0 N–H and O–H groups in total. The zero-order valence-electron chi connectivity index (χ0n) is 11.7. The van der Waals surface area contributed by atoms with Gasteiger partial charge in [-0.2, -0.15) is 0 Å². The van der Waals surface area contributed by atoms with Gasteiger partial charge in [-0.05, 0) is 42.3 Å². The molecule has 0 spiro atoms. The summed E-state index contributed by atoms with van der Waals surface area (Å²) in [5.74, 6) is 0.655. The third-order valence-electron chi connectivity index (χ3n) is 2.27. The van der Waals surface area contributed by atoms with Crippen LogP contribution in [-0.2, 0) is 9.53 Å². The lowest BCUT2D eigenvalue weighted by Crippen LogP contribution is -2.10. The molecular weight excluding hydrogens is 296 g/mol. The summed E-state index contributed by atoms with van der Waals surface area (Å²) in [6.07, 6.45) is 5.36. The molecule has 112 valence electrons. The van der Waals surface area contributed by atoms with Crippen LogP contribution in [0, 0.1) is 0 Å². The molecule has 0 atom stereocenters. The second kappa shape index (κ2) is 8.81. The van der Waals surface area contributed by atoms with E-state index in [1.807, 2.05) is 0 Å². The van der Waals surface area contributed by atoms with Crippen molar-refractivity contribution in [2.45, 2.75) is 6.92 Å². The number of hydrogen-bond acceptors (Lipinski definition) is 5. The smallest absolute Gasteiger partial charge is 0.493 e. The number of carbonyl (C=O) groups excluding carboxylic acids is 2.